The van der Waals surface area contributed by atoms with E-state index in [2.05, 4.69) is 0 Å². The van der Waals surface area contributed by atoms with Gasteiger partial charge in [-0.15, -0.1) is 0 Å². The molecule has 0 atom stereocenters. The van der Waals surface area contributed by atoms with Crippen molar-refractivity contribution in [2.75, 3.05) is 0 Å². The van der Waals surface area contributed by atoms with E-state index < -0.39 is 15.9 Å². The van der Waals surface area contributed by atoms with Gasteiger partial charge in [-0.2, -0.15) is 8.42 Å². The van der Waals surface area contributed by atoms with Gasteiger partial charge in [-0.25, -0.2) is 0 Å². The van der Waals surface area contributed by atoms with Gasteiger partial charge in [0.2, 0.25) is 0 Å². The van der Waals surface area contributed by atoms with Crippen molar-refractivity contribution in [3.63, 3.8) is 0 Å². The lowest BCUT2D eigenvalue weighted by molar-refractivity contribution is 0.453. The van der Waals surface area contributed by atoms with E-state index in [1.807, 2.05) is 0 Å². The first-order chi connectivity index (χ1) is 7.39. The minimum atomic E-state index is -4.41. The number of phenolic OH excluding ortho intramolecular Hbond substituents is 2. The molecule has 0 spiro atoms. The third-order valence-electron chi connectivity index (χ3n) is 2.18. The molecule has 6 heteroatoms. The summed E-state index contributed by atoms with van der Waals surface area (Å²) in [4.78, 5) is -0.387. The van der Waals surface area contributed by atoms with Crippen LogP contribution in [0, 0.1) is 0 Å². The van der Waals surface area contributed by atoms with Crippen molar-refractivity contribution in [3.8, 4) is 11.5 Å². The molecule has 0 heterocycles. The summed E-state index contributed by atoms with van der Waals surface area (Å²) in [5, 5.41) is 19.1. The predicted octanol–water partition coefficient (Wildman–Crippen LogP) is 1.50. The molecule has 0 bridgehead atoms. The molecule has 0 aliphatic heterocycles. The highest BCUT2D eigenvalue weighted by Gasteiger charge is 2.16. The summed E-state index contributed by atoms with van der Waals surface area (Å²) in [6, 6.07) is 6.41. The first kappa shape index (κ1) is 10.7. The number of fused-ring (bicyclic) bond motifs is 1. The van der Waals surface area contributed by atoms with Gasteiger partial charge in [0.1, 0.15) is 16.4 Å². The lowest BCUT2D eigenvalue weighted by Gasteiger charge is -2.06. The predicted molar refractivity (Wildman–Crippen MR) is 57.1 cm³/mol. The molecule has 3 N–H and O–H groups in total. The number of rotatable bonds is 1. The molecule has 84 valence electrons. The van der Waals surface area contributed by atoms with Crippen LogP contribution in [0.25, 0.3) is 10.8 Å². The SMILES string of the molecule is O=S(=O)(O)c1cccc2cc(O)cc(O)c12. The number of phenols is 2. The molecule has 0 aliphatic carbocycles. The summed E-state index contributed by atoms with van der Waals surface area (Å²) in [6.07, 6.45) is 0. The summed E-state index contributed by atoms with van der Waals surface area (Å²) >= 11 is 0. The fourth-order valence-electron chi connectivity index (χ4n) is 1.57. The smallest absolute Gasteiger partial charge is 0.295 e. The van der Waals surface area contributed by atoms with Crippen LogP contribution in [0.15, 0.2) is 35.2 Å². The Morgan fingerprint density at radius 1 is 1.06 bits per heavy atom. The van der Waals surface area contributed by atoms with Gasteiger partial charge in [0, 0.05) is 11.5 Å². The third kappa shape index (κ3) is 1.68. The quantitative estimate of drug-likeness (QED) is 0.656. The van der Waals surface area contributed by atoms with Crippen LogP contribution in [0.2, 0.25) is 0 Å². The number of aromatic hydroxyl groups is 2. The molecule has 0 saturated carbocycles. The van der Waals surface area contributed by atoms with Gasteiger partial charge < -0.3 is 10.2 Å². The third-order valence-corrected chi connectivity index (χ3v) is 3.08. The number of benzene rings is 2. The largest absolute Gasteiger partial charge is 0.508 e. The van der Waals surface area contributed by atoms with E-state index in [1.165, 1.54) is 24.3 Å². The van der Waals surface area contributed by atoms with Gasteiger partial charge in [-0.05, 0) is 17.5 Å². The summed E-state index contributed by atoms with van der Waals surface area (Å²) in [5.74, 6) is -0.583. The minimum Gasteiger partial charge on any atom is -0.508 e. The van der Waals surface area contributed by atoms with E-state index >= 15 is 0 Å². The van der Waals surface area contributed by atoms with E-state index in [-0.39, 0.29) is 16.0 Å². The molecule has 5 nitrogen and oxygen atoms in total. The maximum atomic E-state index is 11.1. The maximum absolute atomic E-state index is 11.1. The van der Waals surface area contributed by atoms with E-state index in [1.54, 1.807) is 0 Å². The van der Waals surface area contributed by atoms with Crippen LogP contribution in [0.4, 0.5) is 0 Å². The molecular weight excluding hydrogens is 232 g/mol. The number of hydrogen-bond acceptors (Lipinski definition) is 4. The summed E-state index contributed by atoms with van der Waals surface area (Å²) in [6.45, 7) is 0. The fraction of sp³-hybridized carbons (Fsp3) is 0. The van der Waals surface area contributed by atoms with Gasteiger partial charge in [-0.3, -0.25) is 4.55 Å². The first-order valence-corrected chi connectivity index (χ1v) is 5.76. The van der Waals surface area contributed by atoms with Crippen LogP contribution in [0.1, 0.15) is 0 Å². The summed E-state index contributed by atoms with van der Waals surface area (Å²) in [5.41, 5.74) is 0. The monoisotopic (exact) mass is 240 g/mol. The zero-order valence-electron chi connectivity index (χ0n) is 7.95. The molecule has 0 amide bonds. The van der Waals surface area contributed by atoms with Crippen LogP contribution in [0.3, 0.4) is 0 Å². The highest BCUT2D eigenvalue weighted by atomic mass is 32.2. The van der Waals surface area contributed by atoms with Crippen LogP contribution in [-0.2, 0) is 10.1 Å². The molecule has 0 radical (unpaired) electrons. The van der Waals surface area contributed by atoms with Crippen molar-refractivity contribution in [2.24, 2.45) is 0 Å². The van der Waals surface area contributed by atoms with Crippen LogP contribution >= 0.6 is 0 Å². The van der Waals surface area contributed by atoms with E-state index in [9.17, 15) is 18.6 Å². The highest BCUT2D eigenvalue weighted by molar-refractivity contribution is 7.86. The first-order valence-electron chi connectivity index (χ1n) is 4.32. The van der Waals surface area contributed by atoms with Crippen molar-refractivity contribution in [1.29, 1.82) is 0 Å². The lowest BCUT2D eigenvalue weighted by atomic mass is 10.1. The van der Waals surface area contributed by atoms with Crippen LogP contribution in [0.5, 0.6) is 11.5 Å². The highest BCUT2D eigenvalue weighted by Crippen LogP contribution is 2.34. The standard InChI is InChI=1S/C10H8O5S/c11-7-4-6-2-1-3-9(16(13,14)15)10(6)8(12)5-7/h1-5,11-12H,(H,13,14,15). The van der Waals surface area contributed by atoms with E-state index in [0.29, 0.717) is 5.39 Å². The normalized spacial score (nSPS) is 11.8. The molecule has 0 aromatic heterocycles. The molecule has 2 aromatic rings. The molecule has 16 heavy (non-hydrogen) atoms. The molecule has 0 unspecified atom stereocenters. The molecule has 0 fully saturated rings. The van der Waals surface area contributed by atoms with Gasteiger partial charge in [0.15, 0.2) is 0 Å². The van der Waals surface area contributed by atoms with Crippen molar-refractivity contribution in [3.05, 3.63) is 30.3 Å². The Labute approximate surface area is 91.3 Å². The second-order valence-corrected chi connectivity index (χ2v) is 4.68. The molecule has 0 saturated heterocycles. The Balaban J connectivity index is 2.99. The van der Waals surface area contributed by atoms with Crippen molar-refractivity contribution in [1.82, 2.24) is 0 Å². The number of hydrogen-bond donors (Lipinski definition) is 3. The van der Waals surface area contributed by atoms with Crippen molar-refractivity contribution >= 4 is 20.9 Å². The molecular formula is C10H8O5S. The zero-order chi connectivity index (χ0) is 11.9. The lowest BCUT2D eigenvalue weighted by Crippen LogP contribution is -1.98. The molecule has 2 rings (SSSR count). The van der Waals surface area contributed by atoms with Gasteiger partial charge in [0.25, 0.3) is 10.1 Å². The van der Waals surface area contributed by atoms with Crippen LogP contribution < -0.4 is 0 Å². The Morgan fingerprint density at radius 2 is 1.75 bits per heavy atom. The Bertz CT molecular complexity index is 660. The van der Waals surface area contributed by atoms with Gasteiger partial charge in [0.05, 0.1) is 0 Å². The van der Waals surface area contributed by atoms with Crippen LogP contribution in [-0.4, -0.2) is 23.2 Å². The molecule has 2 aromatic carbocycles. The average Bonchev–Trinajstić information content (AvgIpc) is 2.14. The fourth-order valence-corrected chi connectivity index (χ4v) is 2.30. The van der Waals surface area contributed by atoms with E-state index in [0.717, 1.165) is 6.07 Å². The second kappa shape index (κ2) is 3.36. The van der Waals surface area contributed by atoms with Crippen molar-refractivity contribution < 1.29 is 23.2 Å². The summed E-state index contributed by atoms with van der Waals surface area (Å²) in [7, 11) is -4.41. The Kier molecular flexibility index (Phi) is 2.25. The van der Waals surface area contributed by atoms with E-state index in [4.69, 9.17) is 4.55 Å². The average molecular weight is 240 g/mol. The second-order valence-electron chi connectivity index (χ2n) is 3.29. The maximum Gasteiger partial charge on any atom is 0.295 e. The minimum absolute atomic E-state index is 0.0113. The zero-order valence-corrected chi connectivity index (χ0v) is 8.77. The Hall–Kier alpha value is -1.79. The Morgan fingerprint density at radius 3 is 2.38 bits per heavy atom. The topological polar surface area (TPSA) is 94.8 Å². The van der Waals surface area contributed by atoms with Crippen molar-refractivity contribution in [2.45, 2.75) is 4.90 Å². The van der Waals surface area contributed by atoms with Gasteiger partial charge >= 0.3 is 0 Å². The van der Waals surface area contributed by atoms with Gasteiger partial charge in [-0.1, -0.05) is 12.1 Å². The molecule has 0 aliphatic rings. The summed E-state index contributed by atoms with van der Waals surface area (Å²) < 4.78 is 31.1.